The maximum absolute atomic E-state index is 13.4. The van der Waals surface area contributed by atoms with E-state index in [2.05, 4.69) is 15.3 Å². The van der Waals surface area contributed by atoms with Gasteiger partial charge < -0.3 is 10.2 Å². The molecule has 0 bridgehead atoms. The molecule has 4 nitrogen and oxygen atoms in total. The number of aryl methyl sites for hydroxylation is 2. The van der Waals surface area contributed by atoms with Crippen molar-refractivity contribution in [2.45, 2.75) is 20.0 Å². The van der Waals surface area contributed by atoms with E-state index in [0.717, 1.165) is 23.0 Å². The molecule has 1 aromatic heterocycles. The molecule has 0 aliphatic heterocycles. The Balaban J connectivity index is 2.02. The molecule has 0 unspecified atom stereocenters. The van der Waals surface area contributed by atoms with Gasteiger partial charge in [0.2, 0.25) is 5.95 Å². The Labute approximate surface area is 155 Å². The molecule has 0 aliphatic carbocycles. The zero-order chi connectivity index (χ0) is 19.6. The Morgan fingerprint density at radius 2 is 1.63 bits per heavy atom. The number of nitrogens with one attached hydrogen (secondary N) is 1. The number of para-hydroxylation sites is 1. The number of rotatable bonds is 4. The van der Waals surface area contributed by atoms with Crippen LogP contribution in [0.3, 0.4) is 0 Å². The molecule has 1 heterocycles. The fourth-order valence-electron chi connectivity index (χ4n) is 2.66. The van der Waals surface area contributed by atoms with Gasteiger partial charge in [-0.15, -0.1) is 0 Å². The molecule has 0 saturated heterocycles. The van der Waals surface area contributed by atoms with Gasteiger partial charge in [-0.05, 0) is 37.6 Å². The zero-order valence-corrected chi connectivity index (χ0v) is 15.2. The number of aromatic nitrogens is 2. The first-order valence-electron chi connectivity index (χ1n) is 8.33. The SMILES string of the molecule is Cc1ccc(Nc2nc(N(C)c3ccccc3C)ncc2C(F)(F)F)cc1. The van der Waals surface area contributed by atoms with Crippen molar-refractivity contribution in [2.24, 2.45) is 0 Å². The summed E-state index contributed by atoms with van der Waals surface area (Å²) in [7, 11) is 1.72. The Hall–Kier alpha value is -3.09. The van der Waals surface area contributed by atoms with Crippen LogP contribution in [-0.2, 0) is 6.18 Å². The molecule has 1 N–H and O–H groups in total. The second kappa shape index (κ2) is 7.26. The minimum atomic E-state index is -4.56. The van der Waals surface area contributed by atoms with Gasteiger partial charge in [0, 0.05) is 24.6 Å². The van der Waals surface area contributed by atoms with Crippen LogP contribution >= 0.6 is 0 Å². The fourth-order valence-corrected chi connectivity index (χ4v) is 2.66. The van der Waals surface area contributed by atoms with Gasteiger partial charge in [0.15, 0.2) is 0 Å². The third kappa shape index (κ3) is 4.19. The summed E-state index contributed by atoms with van der Waals surface area (Å²) in [6, 6.07) is 14.6. The Bertz CT molecular complexity index is 937. The number of halogens is 3. The molecule has 0 aliphatic rings. The highest BCUT2D eigenvalue weighted by Gasteiger charge is 2.35. The molecular formula is C20H19F3N4. The van der Waals surface area contributed by atoms with Gasteiger partial charge in [-0.3, -0.25) is 0 Å². The minimum absolute atomic E-state index is 0.173. The molecule has 0 saturated carbocycles. The van der Waals surface area contributed by atoms with E-state index in [-0.39, 0.29) is 11.8 Å². The highest BCUT2D eigenvalue weighted by molar-refractivity contribution is 5.65. The lowest BCUT2D eigenvalue weighted by molar-refractivity contribution is -0.137. The van der Waals surface area contributed by atoms with Crippen LogP contribution in [0.15, 0.2) is 54.7 Å². The van der Waals surface area contributed by atoms with Crippen molar-refractivity contribution in [1.82, 2.24) is 9.97 Å². The van der Waals surface area contributed by atoms with E-state index in [1.54, 1.807) is 24.1 Å². The van der Waals surface area contributed by atoms with Crippen molar-refractivity contribution < 1.29 is 13.2 Å². The first-order chi connectivity index (χ1) is 12.8. The molecule has 27 heavy (non-hydrogen) atoms. The number of hydrogen-bond donors (Lipinski definition) is 1. The van der Waals surface area contributed by atoms with E-state index in [1.807, 2.05) is 50.2 Å². The van der Waals surface area contributed by atoms with Crippen LogP contribution in [0.25, 0.3) is 0 Å². The van der Waals surface area contributed by atoms with E-state index in [9.17, 15) is 13.2 Å². The molecule has 3 rings (SSSR count). The van der Waals surface area contributed by atoms with Crippen molar-refractivity contribution in [1.29, 1.82) is 0 Å². The first-order valence-corrected chi connectivity index (χ1v) is 8.33. The topological polar surface area (TPSA) is 41.1 Å². The Morgan fingerprint density at radius 1 is 0.963 bits per heavy atom. The van der Waals surface area contributed by atoms with Gasteiger partial charge in [0.25, 0.3) is 0 Å². The number of alkyl halides is 3. The summed E-state index contributed by atoms with van der Waals surface area (Å²) in [4.78, 5) is 9.75. The lowest BCUT2D eigenvalue weighted by atomic mass is 10.2. The van der Waals surface area contributed by atoms with Gasteiger partial charge in [-0.1, -0.05) is 35.9 Å². The second-order valence-electron chi connectivity index (χ2n) is 6.27. The summed E-state index contributed by atoms with van der Waals surface area (Å²) in [5.41, 5.74) is 2.41. The summed E-state index contributed by atoms with van der Waals surface area (Å²) in [5, 5.41) is 2.77. The number of nitrogens with zero attached hydrogens (tertiary/aromatic N) is 3. The molecule has 0 atom stereocenters. The van der Waals surface area contributed by atoms with Crippen LogP contribution in [0.1, 0.15) is 16.7 Å². The summed E-state index contributed by atoms with van der Waals surface area (Å²) < 4.78 is 40.2. The Morgan fingerprint density at radius 3 is 2.26 bits per heavy atom. The summed E-state index contributed by atoms with van der Waals surface area (Å²) in [6.07, 6.45) is -3.75. The molecule has 0 spiro atoms. The van der Waals surface area contributed by atoms with Crippen LogP contribution in [0.4, 0.5) is 36.3 Å². The monoisotopic (exact) mass is 372 g/mol. The molecule has 2 aromatic carbocycles. The first kappa shape index (κ1) is 18.7. The average Bonchev–Trinajstić information content (AvgIpc) is 2.62. The third-order valence-corrected chi connectivity index (χ3v) is 4.17. The molecular weight excluding hydrogens is 353 g/mol. The van der Waals surface area contributed by atoms with Gasteiger partial charge in [0.1, 0.15) is 11.4 Å². The highest BCUT2D eigenvalue weighted by atomic mass is 19.4. The van der Waals surface area contributed by atoms with Gasteiger partial charge >= 0.3 is 6.18 Å². The van der Waals surface area contributed by atoms with Crippen molar-refractivity contribution in [3.63, 3.8) is 0 Å². The highest BCUT2D eigenvalue weighted by Crippen LogP contribution is 2.36. The molecule has 7 heteroatoms. The van der Waals surface area contributed by atoms with Gasteiger partial charge in [-0.2, -0.15) is 18.2 Å². The number of anilines is 4. The molecule has 0 radical (unpaired) electrons. The second-order valence-corrected chi connectivity index (χ2v) is 6.27. The van der Waals surface area contributed by atoms with Gasteiger partial charge in [0.05, 0.1) is 0 Å². The van der Waals surface area contributed by atoms with Crippen molar-refractivity contribution in [3.8, 4) is 0 Å². The predicted molar refractivity (Wildman–Crippen MR) is 101 cm³/mol. The maximum Gasteiger partial charge on any atom is 0.421 e. The van der Waals surface area contributed by atoms with Crippen LogP contribution in [0.2, 0.25) is 0 Å². The van der Waals surface area contributed by atoms with E-state index in [0.29, 0.717) is 5.69 Å². The smallest absolute Gasteiger partial charge is 0.340 e. The van der Waals surface area contributed by atoms with Crippen LogP contribution in [-0.4, -0.2) is 17.0 Å². The molecule has 140 valence electrons. The lowest BCUT2D eigenvalue weighted by Crippen LogP contribution is -2.18. The number of benzene rings is 2. The number of hydrogen-bond acceptors (Lipinski definition) is 4. The lowest BCUT2D eigenvalue weighted by Gasteiger charge is -2.21. The van der Waals surface area contributed by atoms with Crippen LogP contribution in [0.5, 0.6) is 0 Å². The van der Waals surface area contributed by atoms with Crippen LogP contribution in [0, 0.1) is 13.8 Å². The summed E-state index contributed by atoms with van der Waals surface area (Å²) >= 11 is 0. The minimum Gasteiger partial charge on any atom is -0.340 e. The van der Waals surface area contributed by atoms with E-state index >= 15 is 0 Å². The average molecular weight is 372 g/mol. The largest absolute Gasteiger partial charge is 0.421 e. The van der Waals surface area contributed by atoms with E-state index in [4.69, 9.17) is 0 Å². The standard InChI is InChI=1S/C20H19F3N4/c1-13-8-10-15(11-9-13)25-18-16(20(21,22)23)12-24-19(26-18)27(3)17-7-5-4-6-14(17)2/h4-12H,1-3H3,(H,24,25,26). The van der Waals surface area contributed by atoms with Crippen LogP contribution < -0.4 is 10.2 Å². The predicted octanol–water partition coefficient (Wildman–Crippen LogP) is 5.62. The third-order valence-electron chi connectivity index (χ3n) is 4.17. The van der Waals surface area contributed by atoms with Crippen molar-refractivity contribution in [3.05, 3.63) is 71.4 Å². The van der Waals surface area contributed by atoms with E-state index in [1.165, 1.54) is 0 Å². The fraction of sp³-hybridized carbons (Fsp3) is 0.200. The molecule has 3 aromatic rings. The van der Waals surface area contributed by atoms with Crippen molar-refractivity contribution >= 4 is 23.1 Å². The quantitative estimate of drug-likeness (QED) is 0.645. The van der Waals surface area contributed by atoms with Crippen molar-refractivity contribution in [2.75, 3.05) is 17.3 Å². The Kier molecular flexibility index (Phi) is 5.03. The molecule has 0 fully saturated rings. The molecule has 0 amide bonds. The maximum atomic E-state index is 13.4. The normalized spacial score (nSPS) is 11.3. The summed E-state index contributed by atoms with van der Waals surface area (Å²) in [5.74, 6) is -0.108. The zero-order valence-electron chi connectivity index (χ0n) is 15.2. The van der Waals surface area contributed by atoms with Gasteiger partial charge in [-0.25, -0.2) is 4.98 Å². The summed E-state index contributed by atoms with van der Waals surface area (Å²) in [6.45, 7) is 3.83. The van der Waals surface area contributed by atoms with E-state index < -0.39 is 11.7 Å².